The average Bonchev–Trinajstić information content (AvgIpc) is 2.38. The third-order valence-corrected chi connectivity index (χ3v) is 3.40. The third-order valence-electron chi connectivity index (χ3n) is 2.85. The average molecular weight is 274 g/mol. The Balaban J connectivity index is 2.31. The summed E-state index contributed by atoms with van der Waals surface area (Å²) < 4.78 is 0. The van der Waals surface area contributed by atoms with Gasteiger partial charge in [0.15, 0.2) is 0 Å². The second-order valence-corrected chi connectivity index (χ2v) is 4.85. The van der Waals surface area contributed by atoms with Gasteiger partial charge in [-0.1, -0.05) is 53.5 Å². The van der Waals surface area contributed by atoms with Crippen molar-refractivity contribution in [1.29, 1.82) is 0 Å². The molecular formula is C15H9Cl2N. The van der Waals surface area contributed by atoms with E-state index in [4.69, 9.17) is 23.2 Å². The van der Waals surface area contributed by atoms with E-state index in [-0.39, 0.29) is 0 Å². The Labute approximate surface area is 115 Å². The first kappa shape index (κ1) is 11.5. The van der Waals surface area contributed by atoms with Crippen LogP contribution in [0.25, 0.3) is 22.0 Å². The number of aromatic nitrogens is 1. The molecule has 1 nitrogen and oxygen atoms in total. The van der Waals surface area contributed by atoms with Crippen molar-refractivity contribution in [1.82, 2.24) is 4.98 Å². The van der Waals surface area contributed by atoms with Crippen molar-refractivity contribution < 1.29 is 0 Å². The van der Waals surface area contributed by atoms with Gasteiger partial charge in [-0.2, -0.15) is 0 Å². The molecule has 1 aromatic heterocycles. The van der Waals surface area contributed by atoms with Crippen LogP contribution in [0.5, 0.6) is 0 Å². The van der Waals surface area contributed by atoms with Crippen LogP contribution in [0.2, 0.25) is 10.0 Å². The largest absolute Gasteiger partial charge is 0.256 e. The number of halogens is 2. The molecule has 0 fully saturated rings. The van der Waals surface area contributed by atoms with Crippen LogP contribution >= 0.6 is 23.2 Å². The van der Waals surface area contributed by atoms with Gasteiger partial charge < -0.3 is 0 Å². The van der Waals surface area contributed by atoms with Crippen LogP contribution in [0.1, 0.15) is 0 Å². The van der Waals surface area contributed by atoms with E-state index in [2.05, 4.69) is 4.98 Å². The SMILES string of the molecule is Clc1ccc(-c2cccc3cccnc23)c(Cl)c1. The molecule has 0 spiro atoms. The van der Waals surface area contributed by atoms with Gasteiger partial charge in [-0.25, -0.2) is 0 Å². The molecular weight excluding hydrogens is 265 g/mol. The lowest BCUT2D eigenvalue weighted by Crippen LogP contribution is -1.85. The first-order chi connectivity index (χ1) is 8.75. The van der Waals surface area contributed by atoms with E-state index in [1.807, 2.05) is 42.5 Å². The molecule has 1 heterocycles. The highest BCUT2D eigenvalue weighted by Gasteiger charge is 2.08. The van der Waals surface area contributed by atoms with Gasteiger partial charge in [0.1, 0.15) is 0 Å². The number of para-hydroxylation sites is 1. The van der Waals surface area contributed by atoms with E-state index in [1.165, 1.54) is 0 Å². The van der Waals surface area contributed by atoms with Crippen molar-refractivity contribution in [3.05, 3.63) is 64.8 Å². The monoisotopic (exact) mass is 273 g/mol. The molecule has 0 saturated carbocycles. The van der Waals surface area contributed by atoms with Gasteiger partial charge in [0, 0.05) is 32.8 Å². The number of hydrogen-bond acceptors (Lipinski definition) is 1. The summed E-state index contributed by atoms with van der Waals surface area (Å²) in [7, 11) is 0. The Morgan fingerprint density at radius 1 is 0.833 bits per heavy atom. The van der Waals surface area contributed by atoms with E-state index in [0.717, 1.165) is 22.0 Å². The zero-order valence-corrected chi connectivity index (χ0v) is 10.9. The van der Waals surface area contributed by atoms with E-state index in [1.54, 1.807) is 12.3 Å². The van der Waals surface area contributed by atoms with Gasteiger partial charge in [-0.15, -0.1) is 0 Å². The van der Waals surface area contributed by atoms with E-state index in [9.17, 15) is 0 Å². The number of hydrogen-bond donors (Lipinski definition) is 0. The van der Waals surface area contributed by atoms with Crippen LogP contribution in [0.15, 0.2) is 54.7 Å². The fraction of sp³-hybridized carbons (Fsp3) is 0. The lowest BCUT2D eigenvalue weighted by molar-refractivity contribution is 1.41. The summed E-state index contributed by atoms with van der Waals surface area (Å²) >= 11 is 12.2. The Bertz CT molecular complexity index is 717. The van der Waals surface area contributed by atoms with Crippen LogP contribution in [0.3, 0.4) is 0 Å². The van der Waals surface area contributed by atoms with Gasteiger partial charge >= 0.3 is 0 Å². The zero-order valence-electron chi connectivity index (χ0n) is 9.40. The molecule has 3 rings (SSSR count). The number of benzene rings is 2. The third kappa shape index (κ3) is 1.96. The summed E-state index contributed by atoms with van der Waals surface area (Å²) in [6, 6.07) is 15.5. The minimum absolute atomic E-state index is 0.636. The summed E-state index contributed by atoms with van der Waals surface area (Å²) in [5.41, 5.74) is 2.92. The van der Waals surface area contributed by atoms with Gasteiger partial charge in [-0.3, -0.25) is 4.98 Å². The second kappa shape index (κ2) is 4.60. The quantitative estimate of drug-likeness (QED) is 0.593. The van der Waals surface area contributed by atoms with Crippen molar-refractivity contribution in [2.45, 2.75) is 0 Å². The molecule has 0 bridgehead atoms. The molecule has 0 aliphatic rings. The smallest absolute Gasteiger partial charge is 0.0780 e. The Morgan fingerprint density at radius 2 is 1.67 bits per heavy atom. The maximum absolute atomic E-state index is 6.25. The van der Waals surface area contributed by atoms with E-state index in [0.29, 0.717) is 10.0 Å². The Hall–Kier alpha value is -1.57. The van der Waals surface area contributed by atoms with Gasteiger partial charge in [0.25, 0.3) is 0 Å². The summed E-state index contributed by atoms with van der Waals surface area (Å²) in [6.45, 7) is 0. The first-order valence-corrected chi connectivity index (χ1v) is 6.30. The Kier molecular flexibility index (Phi) is 2.94. The van der Waals surface area contributed by atoms with Gasteiger partial charge in [-0.05, 0) is 18.2 Å². The van der Waals surface area contributed by atoms with Crippen molar-refractivity contribution in [3.63, 3.8) is 0 Å². The van der Waals surface area contributed by atoms with Crippen LogP contribution in [-0.2, 0) is 0 Å². The molecule has 0 N–H and O–H groups in total. The highest BCUT2D eigenvalue weighted by molar-refractivity contribution is 6.36. The highest BCUT2D eigenvalue weighted by Crippen LogP contribution is 2.33. The van der Waals surface area contributed by atoms with Crippen molar-refractivity contribution in [3.8, 4) is 11.1 Å². The molecule has 3 aromatic rings. The minimum Gasteiger partial charge on any atom is -0.256 e. The van der Waals surface area contributed by atoms with E-state index >= 15 is 0 Å². The fourth-order valence-corrected chi connectivity index (χ4v) is 2.54. The molecule has 3 heteroatoms. The standard InChI is InChI=1S/C15H9Cl2N/c16-11-6-7-12(14(17)9-11)13-5-1-3-10-4-2-8-18-15(10)13/h1-9H. The van der Waals surface area contributed by atoms with Crippen LogP contribution < -0.4 is 0 Å². The van der Waals surface area contributed by atoms with Crippen molar-refractivity contribution >= 4 is 34.1 Å². The van der Waals surface area contributed by atoms with Crippen LogP contribution in [0.4, 0.5) is 0 Å². The number of fused-ring (bicyclic) bond motifs is 1. The summed E-state index contributed by atoms with van der Waals surface area (Å²) in [5, 5.41) is 2.37. The Morgan fingerprint density at radius 3 is 2.50 bits per heavy atom. The molecule has 0 aliphatic carbocycles. The molecule has 0 amide bonds. The number of rotatable bonds is 1. The normalized spacial score (nSPS) is 10.8. The predicted octanol–water partition coefficient (Wildman–Crippen LogP) is 5.21. The second-order valence-electron chi connectivity index (χ2n) is 4.00. The lowest BCUT2D eigenvalue weighted by Gasteiger charge is -2.08. The number of nitrogens with zero attached hydrogens (tertiary/aromatic N) is 1. The number of pyridine rings is 1. The van der Waals surface area contributed by atoms with Crippen LogP contribution in [0, 0.1) is 0 Å². The molecule has 0 saturated heterocycles. The molecule has 18 heavy (non-hydrogen) atoms. The van der Waals surface area contributed by atoms with Crippen LogP contribution in [-0.4, -0.2) is 4.98 Å². The summed E-state index contributed by atoms with van der Waals surface area (Å²) in [4.78, 5) is 4.43. The highest BCUT2D eigenvalue weighted by atomic mass is 35.5. The molecule has 88 valence electrons. The maximum atomic E-state index is 6.25. The first-order valence-electron chi connectivity index (χ1n) is 5.55. The minimum atomic E-state index is 0.636. The van der Waals surface area contributed by atoms with Gasteiger partial charge in [0.05, 0.1) is 5.52 Å². The maximum Gasteiger partial charge on any atom is 0.0780 e. The molecule has 2 aromatic carbocycles. The molecule has 0 aliphatic heterocycles. The fourth-order valence-electron chi connectivity index (χ4n) is 2.03. The van der Waals surface area contributed by atoms with Crippen molar-refractivity contribution in [2.24, 2.45) is 0 Å². The van der Waals surface area contributed by atoms with E-state index < -0.39 is 0 Å². The topological polar surface area (TPSA) is 12.9 Å². The van der Waals surface area contributed by atoms with Gasteiger partial charge in [0.2, 0.25) is 0 Å². The lowest BCUT2D eigenvalue weighted by atomic mass is 10.0. The molecule has 0 unspecified atom stereocenters. The summed E-state index contributed by atoms with van der Waals surface area (Å²) in [5.74, 6) is 0. The molecule has 0 atom stereocenters. The molecule has 0 radical (unpaired) electrons. The summed E-state index contributed by atoms with van der Waals surface area (Å²) in [6.07, 6.45) is 1.79. The predicted molar refractivity (Wildman–Crippen MR) is 77.2 cm³/mol. The van der Waals surface area contributed by atoms with Crippen molar-refractivity contribution in [2.75, 3.05) is 0 Å². The zero-order chi connectivity index (χ0) is 12.5.